The lowest BCUT2D eigenvalue weighted by Crippen LogP contribution is -2.53. The molecule has 2 saturated heterocycles. The SMILES string of the molecule is O=C1C[C@H](N2CCN(c3ncccn3)CC2)C(=O)N1c1ccc(F)cc1. The molecule has 2 fully saturated rings. The van der Waals surface area contributed by atoms with Crippen LogP contribution in [0.5, 0.6) is 0 Å². The van der Waals surface area contributed by atoms with E-state index in [2.05, 4.69) is 14.9 Å². The number of rotatable bonds is 3. The second-order valence-corrected chi connectivity index (χ2v) is 6.34. The standard InChI is InChI=1S/C18H18FN5O2/c19-13-2-4-14(5-3-13)24-16(25)12-15(17(24)26)22-8-10-23(11-9-22)18-20-6-1-7-21-18/h1-7,15H,8-12H2/t15-/m0/s1. The molecule has 26 heavy (non-hydrogen) atoms. The number of benzene rings is 1. The van der Waals surface area contributed by atoms with E-state index in [9.17, 15) is 14.0 Å². The van der Waals surface area contributed by atoms with Crippen molar-refractivity contribution in [2.45, 2.75) is 12.5 Å². The Bertz CT molecular complexity index is 806. The van der Waals surface area contributed by atoms with Gasteiger partial charge >= 0.3 is 0 Å². The van der Waals surface area contributed by atoms with Crippen LogP contribution in [0.2, 0.25) is 0 Å². The summed E-state index contributed by atoms with van der Waals surface area (Å²) >= 11 is 0. The summed E-state index contributed by atoms with van der Waals surface area (Å²) in [6.07, 6.45) is 3.56. The number of aromatic nitrogens is 2. The topological polar surface area (TPSA) is 69.6 Å². The third-order valence-corrected chi connectivity index (χ3v) is 4.80. The predicted octanol–water partition coefficient (Wildman–Crippen LogP) is 1.07. The van der Waals surface area contributed by atoms with Crippen LogP contribution in [0.15, 0.2) is 42.7 Å². The van der Waals surface area contributed by atoms with Crippen molar-refractivity contribution >= 4 is 23.5 Å². The van der Waals surface area contributed by atoms with Crippen LogP contribution in [-0.4, -0.2) is 58.9 Å². The molecular formula is C18H18FN5O2. The van der Waals surface area contributed by atoms with Gasteiger partial charge in [0.1, 0.15) is 5.82 Å². The lowest BCUT2D eigenvalue weighted by atomic mass is 10.2. The largest absolute Gasteiger partial charge is 0.338 e. The summed E-state index contributed by atoms with van der Waals surface area (Å²) in [6, 6.07) is 6.72. The first kappa shape index (κ1) is 16.6. The Kier molecular flexibility index (Phi) is 4.34. The van der Waals surface area contributed by atoms with Crippen LogP contribution in [0, 0.1) is 5.82 Å². The van der Waals surface area contributed by atoms with Gasteiger partial charge in [-0.15, -0.1) is 0 Å². The molecule has 2 aliphatic heterocycles. The van der Waals surface area contributed by atoms with E-state index in [0.29, 0.717) is 37.8 Å². The van der Waals surface area contributed by atoms with Crippen molar-refractivity contribution in [1.29, 1.82) is 0 Å². The molecule has 4 rings (SSSR count). The lowest BCUT2D eigenvalue weighted by molar-refractivity contribution is -0.123. The number of hydrogen-bond donors (Lipinski definition) is 0. The molecule has 0 saturated carbocycles. The van der Waals surface area contributed by atoms with Crippen LogP contribution in [0.1, 0.15) is 6.42 Å². The second kappa shape index (κ2) is 6.80. The minimum atomic E-state index is -0.466. The Morgan fingerprint density at radius 1 is 0.962 bits per heavy atom. The van der Waals surface area contributed by atoms with Gasteiger partial charge in [0.05, 0.1) is 18.2 Å². The first-order chi connectivity index (χ1) is 12.6. The minimum absolute atomic E-state index is 0.151. The molecule has 7 nitrogen and oxygen atoms in total. The van der Waals surface area contributed by atoms with Gasteiger partial charge in [-0.2, -0.15) is 0 Å². The zero-order valence-corrected chi connectivity index (χ0v) is 14.1. The Morgan fingerprint density at radius 2 is 1.62 bits per heavy atom. The zero-order valence-electron chi connectivity index (χ0n) is 14.1. The van der Waals surface area contributed by atoms with Crippen LogP contribution in [-0.2, 0) is 9.59 Å². The van der Waals surface area contributed by atoms with Crippen LogP contribution >= 0.6 is 0 Å². The van der Waals surface area contributed by atoms with Gasteiger partial charge in [-0.3, -0.25) is 14.5 Å². The maximum atomic E-state index is 13.1. The highest BCUT2D eigenvalue weighted by Gasteiger charge is 2.43. The second-order valence-electron chi connectivity index (χ2n) is 6.34. The fraction of sp³-hybridized carbons (Fsp3) is 0.333. The van der Waals surface area contributed by atoms with E-state index in [1.165, 1.54) is 24.3 Å². The van der Waals surface area contributed by atoms with E-state index in [1.807, 2.05) is 4.90 Å². The summed E-state index contributed by atoms with van der Waals surface area (Å²) in [5.41, 5.74) is 0.417. The van der Waals surface area contributed by atoms with Crippen LogP contribution in [0.4, 0.5) is 16.0 Å². The summed E-state index contributed by atoms with van der Waals surface area (Å²) < 4.78 is 13.1. The number of nitrogens with zero attached hydrogens (tertiary/aromatic N) is 5. The Morgan fingerprint density at radius 3 is 2.27 bits per heavy atom. The van der Waals surface area contributed by atoms with Gasteiger partial charge < -0.3 is 4.90 Å². The van der Waals surface area contributed by atoms with Crippen LogP contribution in [0.3, 0.4) is 0 Å². The highest BCUT2D eigenvalue weighted by Crippen LogP contribution is 2.26. The monoisotopic (exact) mass is 355 g/mol. The van der Waals surface area contributed by atoms with Crippen molar-refractivity contribution in [3.63, 3.8) is 0 Å². The number of piperazine rings is 1. The molecular weight excluding hydrogens is 337 g/mol. The highest BCUT2D eigenvalue weighted by molar-refractivity contribution is 6.22. The molecule has 2 amide bonds. The maximum absolute atomic E-state index is 13.1. The van der Waals surface area contributed by atoms with Gasteiger partial charge in [0.2, 0.25) is 11.9 Å². The first-order valence-corrected chi connectivity index (χ1v) is 8.52. The average molecular weight is 355 g/mol. The average Bonchev–Trinajstić information content (AvgIpc) is 2.98. The van der Waals surface area contributed by atoms with Crippen molar-refractivity contribution in [3.05, 3.63) is 48.5 Å². The molecule has 1 atom stereocenters. The molecule has 2 aliphatic rings. The molecule has 3 heterocycles. The third kappa shape index (κ3) is 3.03. The van der Waals surface area contributed by atoms with Crippen LogP contribution in [0.25, 0.3) is 0 Å². The van der Waals surface area contributed by atoms with Crippen molar-refractivity contribution in [2.75, 3.05) is 36.0 Å². The molecule has 8 heteroatoms. The normalized spacial score (nSPS) is 21.5. The van der Waals surface area contributed by atoms with Crippen LogP contribution < -0.4 is 9.80 Å². The van der Waals surface area contributed by atoms with E-state index >= 15 is 0 Å². The zero-order chi connectivity index (χ0) is 18.1. The smallest absolute Gasteiger partial charge is 0.251 e. The Labute approximate surface area is 150 Å². The summed E-state index contributed by atoms with van der Waals surface area (Å²) in [5.74, 6) is -0.219. The number of imide groups is 1. The molecule has 0 unspecified atom stereocenters. The molecule has 134 valence electrons. The molecule has 0 N–H and O–H groups in total. The molecule has 2 aromatic rings. The first-order valence-electron chi connectivity index (χ1n) is 8.52. The van der Waals surface area contributed by atoms with Gasteiger partial charge in [0.25, 0.3) is 5.91 Å². The van der Waals surface area contributed by atoms with E-state index in [-0.39, 0.29) is 18.2 Å². The van der Waals surface area contributed by atoms with Gasteiger partial charge in [0, 0.05) is 38.6 Å². The Hall–Kier alpha value is -2.87. The predicted molar refractivity (Wildman–Crippen MR) is 93.1 cm³/mol. The summed E-state index contributed by atoms with van der Waals surface area (Å²) in [6.45, 7) is 2.69. The van der Waals surface area contributed by atoms with Gasteiger partial charge in [-0.05, 0) is 30.3 Å². The van der Waals surface area contributed by atoms with E-state index in [4.69, 9.17) is 0 Å². The number of carbonyl (C=O) groups excluding carboxylic acids is 2. The highest BCUT2D eigenvalue weighted by atomic mass is 19.1. The van der Waals surface area contributed by atoms with E-state index in [1.54, 1.807) is 18.5 Å². The minimum Gasteiger partial charge on any atom is -0.338 e. The number of hydrogen-bond acceptors (Lipinski definition) is 6. The van der Waals surface area contributed by atoms with E-state index in [0.717, 1.165) is 4.90 Å². The number of halogens is 1. The molecule has 0 bridgehead atoms. The third-order valence-electron chi connectivity index (χ3n) is 4.80. The molecule has 0 spiro atoms. The fourth-order valence-electron chi connectivity index (χ4n) is 3.45. The molecule has 1 aromatic heterocycles. The number of carbonyl (C=O) groups is 2. The number of amides is 2. The maximum Gasteiger partial charge on any atom is 0.251 e. The molecule has 0 aliphatic carbocycles. The number of anilines is 2. The summed E-state index contributed by atoms with van der Waals surface area (Å²) in [4.78, 5) is 38.9. The Balaban J connectivity index is 1.44. The van der Waals surface area contributed by atoms with Crippen molar-refractivity contribution in [3.8, 4) is 0 Å². The van der Waals surface area contributed by atoms with Gasteiger partial charge in [0.15, 0.2) is 0 Å². The summed E-state index contributed by atoms with van der Waals surface area (Å²) in [7, 11) is 0. The fourth-order valence-corrected chi connectivity index (χ4v) is 3.45. The summed E-state index contributed by atoms with van der Waals surface area (Å²) in [5, 5.41) is 0. The van der Waals surface area contributed by atoms with Gasteiger partial charge in [-0.1, -0.05) is 0 Å². The lowest BCUT2D eigenvalue weighted by Gasteiger charge is -2.36. The van der Waals surface area contributed by atoms with Crippen molar-refractivity contribution in [2.24, 2.45) is 0 Å². The molecule has 0 radical (unpaired) electrons. The molecule has 1 aromatic carbocycles. The van der Waals surface area contributed by atoms with Gasteiger partial charge in [-0.25, -0.2) is 19.3 Å². The van der Waals surface area contributed by atoms with Crippen molar-refractivity contribution < 1.29 is 14.0 Å². The van der Waals surface area contributed by atoms with Crippen molar-refractivity contribution in [1.82, 2.24) is 14.9 Å². The quantitative estimate of drug-likeness (QED) is 0.767. The van der Waals surface area contributed by atoms with E-state index < -0.39 is 11.9 Å².